The van der Waals surface area contributed by atoms with Crippen molar-refractivity contribution in [3.8, 4) is 0 Å². The second-order valence-corrected chi connectivity index (χ2v) is 4.44. The molecule has 0 unspecified atom stereocenters. The highest BCUT2D eigenvalue weighted by Crippen LogP contribution is 2.06. The summed E-state index contributed by atoms with van der Waals surface area (Å²) in [6, 6.07) is 0. The van der Waals surface area contributed by atoms with Gasteiger partial charge in [0, 0.05) is 19.3 Å². The zero-order chi connectivity index (χ0) is 17.5. The van der Waals surface area contributed by atoms with Gasteiger partial charge in [-0.25, -0.2) is 4.98 Å². The van der Waals surface area contributed by atoms with Crippen LogP contribution in [0.15, 0.2) is 48.5 Å². The van der Waals surface area contributed by atoms with Crippen LogP contribution in [-0.4, -0.2) is 29.2 Å². The van der Waals surface area contributed by atoms with Crippen molar-refractivity contribution in [2.75, 3.05) is 13.7 Å². The van der Waals surface area contributed by atoms with E-state index in [-0.39, 0.29) is 12.5 Å². The molecule has 1 aromatic heterocycles. The fraction of sp³-hybridized carbons (Fsp3) is 0.444. The molecule has 0 atom stereocenters. The van der Waals surface area contributed by atoms with Crippen LogP contribution < -0.4 is 5.32 Å². The topological polar surface area (TPSA) is 56.2 Å². The molecule has 23 heavy (non-hydrogen) atoms. The molecule has 5 heteroatoms. The van der Waals surface area contributed by atoms with Gasteiger partial charge in [-0.15, -0.1) is 0 Å². The lowest BCUT2D eigenvalue weighted by Crippen LogP contribution is -2.24. The van der Waals surface area contributed by atoms with Gasteiger partial charge in [0.2, 0.25) is 0 Å². The van der Waals surface area contributed by atoms with Crippen LogP contribution in [0.4, 0.5) is 0 Å². The van der Waals surface area contributed by atoms with Crippen molar-refractivity contribution in [3.05, 3.63) is 54.2 Å². The normalized spacial score (nSPS) is 11.6. The van der Waals surface area contributed by atoms with Gasteiger partial charge in [-0.2, -0.15) is 0 Å². The molecule has 0 saturated carbocycles. The van der Waals surface area contributed by atoms with Crippen molar-refractivity contribution < 1.29 is 9.53 Å². The summed E-state index contributed by atoms with van der Waals surface area (Å²) in [5, 5.41) is 3.04. The van der Waals surface area contributed by atoms with Gasteiger partial charge in [-0.3, -0.25) is 4.79 Å². The Morgan fingerprint density at radius 3 is 2.70 bits per heavy atom. The molecule has 0 fully saturated rings. The lowest BCUT2D eigenvalue weighted by molar-refractivity contribution is -0.139. The molecule has 0 bridgehead atoms. The van der Waals surface area contributed by atoms with E-state index in [0.717, 1.165) is 12.2 Å². The quantitative estimate of drug-likeness (QED) is 0.590. The minimum Gasteiger partial charge on any atom is -0.468 e. The Morgan fingerprint density at radius 2 is 2.09 bits per heavy atom. The summed E-state index contributed by atoms with van der Waals surface area (Å²) in [6.07, 6.45) is 13.7. The van der Waals surface area contributed by atoms with Crippen molar-refractivity contribution >= 4 is 5.97 Å². The minimum absolute atomic E-state index is 0.194. The third-order valence-electron chi connectivity index (χ3n) is 2.94. The van der Waals surface area contributed by atoms with E-state index in [1.165, 1.54) is 12.7 Å². The largest absolute Gasteiger partial charge is 0.468 e. The Hall–Kier alpha value is -2.14. The van der Waals surface area contributed by atoms with Gasteiger partial charge in [0.15, 0.2) is 0 Å². The maximum absolute atomic E-state index is 11.1. The van der Waals surface area contributed by atoms with Gasteiger partial charge >= 0.3 is 5.97 Å². The van der Waals surface area contributed by atoms with Crippen molar-refractivity contribution in [3.63, 3.8) is 0 Å². The van der Waals surface area contributed by atoms with E-state index in [2.05, 4.69) is 31.8 Å². The summed E-state index contributed by atoms with van der Waals surface area (Å²) in [7, 11) is 1.38. The van der Waals surface area contributed by atoms with Crippen LogP contribution in [0.2, 0.25) is 0 Å². The van der Waals surface area contributed by atoms with Gasteiger partial charge in [0.1, 0.15) is 0 Å². The first-order valence-electron chi connectivity index (χ1n) is 7.92. The second-order valence-electron chi connectivity index (χ2n) is 4.44. The van der Waals surface area contributed by atoms with Crippen molar-refractivity contribution in [1.29, 1.82) is 0 Å². The molecular formula is C18H29N3O2. The van der Waals surface area contributed by atoms with Crippen molar-refractivity contribution in [2.24, 2.45) is 0 Å². The number of esters is 1. The first kappa shape index (κ1) is 20.9. The average Bonchev–Trinajstić information content (AvgIpc) is 3.02. The summed E-state index contributed by atoms with van der Waals surface area (Å²) in [6.45, 7) is 9.52. The van der Waals surface area contributed by atoms with E-state index in [4.69, 9.17) is 0 Å². The molecule has 1 N–H and O–H groups in total. The number of imidazole rings is 1. The zero-order valence-electron chi connectivity index (χ0n) is 14.9. The van der Waals surface area contributed by atoms with E-state index >= 15 is 0 Å². The van der Waals surface area contributed by atoms with Crippen LogP contribution in [0.25, 0.3) is 0 Å². The monoisotopic (exact) mass is 319 g/mol. The number of hydrogen-bond donors (Lipinski definition) is 1. The van der Waals surface area contributed by atoms with Crippen LogP contribution in [0.5, 0.6) is 0 Å². The van der Waals surface area contributed by atoms with Crippen LogP contribution in [0.3, 0.4) is 0 Å². The summed E-state index contributed by atoms with van der Waals surface area (Å²) < 4.78 is 6.64. The van der Waals surface area contributed by atoms with Gasteiger partial charge in [-0.05, 0) is 19.4 Å². The number of carbonyl (C=O) groups is 1. The lowest BCUT2D eigenvalue weighted by Gasteiger charge is -2.09. The molecule has 0 aliphatic carbocycles. The molecule has 0 saturated heterocycles. The number of hydrogen-bond acceptors (Lipinski definition) is 4. The summed E-state index contributed by atoms with van der Waals surface area (Å²) in [4.78, 5) is 15.2. The number of aromatic nitrogens is 2. The number of nitrogens with one attached hydrogen (secondary N) is 1. The molecule has 0 aliphatic heterocycles. The summed E-state index contributed by atoms with van der Waals surface area (Å²) >= 11 is 0. The highest BCUT2D eigenvalue weighted by molar-refractivity contribution is 5.71. The van der Waals surface area contributed by atoms with Crippen molar-refractivity contribution in [1.82, 2.24) is 14.9 Å². The summed E-state index contributed by atoms with van der Waals surface area (Å²) in [5.41, 5.74) is 2.22. The van der Waals surface area contributed by atoms with Crippen molar-refractivity contribution in [2.45, 2.75) is 40.8 Å². The molecular weight excluding hydrogens is 290 g/mol. The molecule has 0 amide bonds. The standard InChI is InChI=1S/C16H23N3O2.C2H6/c1-4-6-7-8-14(5-2)12-19-13-18-10-15(19)9-17-11-16(20)21-3;1-2/h4-8,10,13,17H,9,11-12H2,1-3H3;1-2H3/b6-4-,8-7-,14-5+;. The number of ether oxygens (including phenoxy) is 1. The molecule has 1 rings (SSSR count). The predicted octanol–water partition coefficient (Wildman–Crippen LogP) is 3.25. The molecule has 128 valence electrons. The van der Waals surface area contributed by atoms with E-state index in [1.807, 2.05) is 45.9 Å². The Bertz CT molecular complexity index is 528. The highest BCUT2D eigenvalue weighted by Gasteiger charge is 2.04. The maximum Gasteiger partial charge on any atom is 0.319 e. The smallest absolute Gasteiger partial charge is 0.319 e. The number of methoxy groups -OCH3 is 1. The Balaban J connectivity index is 0.00000232. The van der Waals surface area contributed by atoms with Crippen LogP contribution in [0, 0.1) is 0 Å². The van der Waals surface area contributed by atoms with Gasteiger partial charge in [0.05, 0.1) is 25.7 Å². The Kier molecular flexibility index (Phi) is 12.3. The predicted molar refractivity (Wildman–Crippen MR) is 95.0 cm³/mol. The van der Waals surface area contributed by atoms with Gasteiger partial charge in [-0.1, -0.05) is 44.2 Å². The van der Waals surface area contributed by atoms with E-state index in [9.17, 15) is 4.79 Å². The Labute approximate surface area is 139 Å². The first-order chi connectivity index (χ1) is 11.2. The van der Waals surface area contributed by atoms with E-state index in [0.29, 0.717) is 6.54 Å². The van der Waals surface area contributed by atoms with Crippen LogP contribution in [-0.2, 0) is 22.6 Å². The van der Waals surface area contributed by atoms with Gasteiger partial charge in [0.25, 0.3) is 0 Å². The molecule has 5 nitrogen and oxygen atoms in total. The van der Waals surface area contributed by atoms with Crippen LogP contribution >= 0.6 is 0 Å². The number of nitrogens with zero attached hydrogens (tertiary/aromatic N) is 2. The minimum atomic E-state index is -0.274. The first-order valence-corrected chi connectivity index (χ1v) is 7.92. The third kappa shape index (κ3) is 8.78. The van der Waals surface area contributed by atoms with Crippen LogP contribution in [0.1, 0.15) is 33.4 Å². The molecule has 0 spiro atoms. The maximum atomic E-state index is 11.1. The molecule has 0 aliphatic rings. The third-order valence-corrected chi connectivity index (χ3v) is 2.94. The SMILES string of the molecule is CC.C\C=C/C=C\C(=C/C)Cn1cncc1CNCC(=O)OC. The molecule has 1 heterocycles. The summed E-state index contributed by atoms with van der Waals surface area (Å²) in [5.74, 6) is -0.274. The molecule has 1 aromatic rings. The number of carbonyl (C=O) groups excluding carboxylic acids is 1. The van der Waals surface area contributed by atoms with Gasteiger partial charge < -0.3 is 14.6 Å². The average molecular weight is 319 g/mol. The highest BCUT2D eigenvalue weighted by atomic mass is 16.5. The fourth-order valence-corrected chi connectivity index (χ4v) is 1.73. The van der Waals surface area contributed by atoms with E-state index in [1.54, 1.807) is 12.5 Å². The second kappa shape index (κ2) is 13.5. The van der Waals surface area contributed by atoms with E-state index < -0.39 is 0 Å². The number of rotatable bonds is 8. The molecule has 0 aromatic carbocycles. The lowest BCUT2D eigenvalue weighted by atomic mass is 10.2. The number of allylic oxidation sites excluding steroid dienone is 6. The molecule has 0 radical (unpaired) electrons. The Morgan fingerprint density at radius 1 is 1.35 bits per heavy atom. The zero-order valence-corrected chi connectivity index (χ0v) is 14.9. The fourth-order valence-electron chi connectivity index (χ4n) is 1.73.